The summed E-state index contributed by atoms with van der Waals surface area (Å²) in [7, 11) is 0. The third kappa shape index (κ3) is 4.20. The number of carbonyl (C=O) groups excluding carboxylic acids is 2. The van der Waals surface area contributed by atoms with E-state index in [1.807, 2.05) is 56.9 Å². The number of aryl methyl sites for hydroxylation is 1. The molecule has 0 aliphatic carbocycles. The van der Waals surface area contributed by atoms with Gasteiger partial charge >= 0.3 is 0 Å². The summed E-state index contributed by atoms with van der Waals surface area (Å²) in [6.45, 7) is 9.17. The third-order valence-corrected chi connectivity index (χ3v) is 4.71. The molecule has 0 aromatic heterocycles. The van der Waals surface area contributed by atoms with Crippen molar-refractivity contribution in [3.8, 4) is 0 Å². The number of piperidine rings is 1. The number of amides is 1. The SMILES string of the molecule is Cc1ccc(C(=O)C2CCN(C(=O)[C@@H](N)C(C)(C)C)CC2)cc1. The molecular formula is C19H28N2O2. The van der Waals surface area contributed by atoms with E-state index in [0.717, 1.165) is 24.0 Å². The second-order valence-corrected chi connectivity index (χ2v) is 7.67. The average Bonchev–Trinajstić information content (AvgIpc) is 2.53. The van der Waals surface area contributed by atoms with Crippen molar-refractivity contribution in [3.05, 3.63) is 35.4 Å². The van der Waals surface area contributed by atoms with Crippen molar-refractivity contribution in [2.24, 2.45) is 17.1 Å². The van der Waals surface area contributed by atoms with Crippen LogP contribution in [0.3, 0.4) is 0 Å². The summed E-state index contributed by atoms with van der Waals surface area (Å²) in [5.41, 5.74) is 7.74. The molecule has 0 spiro atoms. The first kappa shape index (κ1) is 17.7. The van der Waals surface area contributed by atoms with E-state index in [2.05, 4.69) is 0 Å². The number of ketones is 1. The molecule has 23 heavy (non-hydrogen) atoms. The lowest BCUT2D eigenvalue weighted by Crippen LogP contribution is -2.52. The lowest BCUT2D eigenvalue weighted by atomic mass is 9.85. The molecular weight excluding hydrogens is 288 g/mol. The molecule has 1 aromatic rings. The van der Waals surface area contributed by atoms with Crippen LogP contribution in [-0.2, 0) is 4.79 Å². The predicted octanol–water partition coefficient (Wildman–Crippen LogP) is 2.79. The van der Waals surface area contributed by atoms with Gasteiger partial charge in [-0.3, -0.25) is 9.59 Å². The monoisotopic (exact) mass is 316 g/mol. The van der Waals surface area contributed by atoms with Crippen LogP contribution in [0.5, 0.6) is 0 Å². The van der Waals surface area contributed by atoms with E-state index in [1.165, 1.54) is 0 Å². The van der Waals surface area contributed by atoms with Gasteiger partial charge in [0.25, 0.3) is 0 Å². The Kier molecular flexibility index (Phi) is 5.25. The first-order valence-corrected chi connectivity index (χ1v) is 8.35. The number of benzene rings is 1. The molecule has 1 aliphatic heterocycles. The zero-order valence-electron chi connectivity index (χ0n) is 14.6. The minimum Gasteiger partial charge on any atom is -0.341 e. The van der Waals surface area contributed by atoms with E-state index >= 15 is 0 Å². The number of rotatable bonds is 3. The van der Waals surface area contributed by atoms with Gasteiger partial charge < -0.3 is 10.6 Å². The number of nitrogens with two attached hydrogens (primary N) is 1. The number of likely N-dealkylation sites (tertiary alicyclic amines) is 1. The largest absolute Gasteiger partial charge is 0.341 e. The van der Waals surface area contributed by atoms with Crippen LogP contribution in [0.1, 0.15) is 49.5 Å². The standard InChI is InChI=1S/C19H28N2O2/c1-13-5-7-14(8-6-13)16(22)15-9-11-21(12-10-15)18(23)17(20)19(2,3)4/h5-8,15,17H,9-12,20H2,1-4H3/t17-/m1/s1. The third-order valence-electron chi connectivity index (χ3n) is 4.71. The Morgan fingerprint density at radius 3 is 2.13 bits per heavy atom. The Balaban J connectivity index is 1.94. The summed E-state index contributed by atoms with van der Waals surface area (Å²) < 4.78 is 0. The minimum atomic E-state index is -0.494. The number of nitrogens with zero attached hydrogens (tertiary/aromatic N) is 1. The topological polar surface area (TPSA) is 63.4 Å². The summed E-state index contributed by atoms with van der Waals surface area (Å²) in [5.74, 6) is 0.198. The van der Waals surface area contributed by atoms with Gasteiger partial charge in [-0.05, 0) is 25.2 Å². The smallest absolute Gasteiger partial charge is 0.240 e. The van der Waals surface area contributed by atoms with Crippen molar-refractivity contribution < 1.29 is 9.59 Å². The lowest BCUT2D eigenvalue weighted by Gasteiger charge is -2.36. The molecule has 0 bridgehead atoms. The van der Waals surface area contributed by atoms with E-state index in [4.69, 9.17) is 5.73 Å². The van der Waals surface area contributed by atoms with Gasteiger partial charge in [-0.2, -0.15) is 0 Å². The summed E-state index contributed by atoms with van der Waals surface area (Å²) in [6.07, 6.45) is 1.44. The molecule has 126 valence electrons. The Morgan fingerprint density at radius 2 is 1.65 bits per heavy atom. The number of hydrogen-bond donors (Lipinski definition) is 1. The highest BCUT2D eigenvalue weighted by atomic mass is 16.2. The zero-order chi connectivity index (χ0) is 17.2. The van der Waals surface area contributed by atoms with Gasteiger partial charge in [0.1, 0.15) is 0 Å². The quantitative estimate of drug-likeness (QED) is 0.872. The molecule has 1 aliphatic rings. The van der Waals surface area contributed by atoms with Crippen LogP contribution in [0.15, 0.2) is 24.3 Å². The van der Waals surface area contributed by atoms with Gasteiger partial charge in [0.05, 0.1) is 6.04 Å². The van der Waals surface area contributed by atoms with E-state index in [-0.39, 0.29) is 23.0 Å². The van der Waals surface area contributed by atoms with Crippen molar-refractivity contribution in [3.63, 3.8) is 0 Å². The van der Waals surface area contributed by atoms with Crippen LogP contribution in [0.4, 0.5) is 0 Å². The van der Waals surface area contributed by atoms with Crippen molar-refractivity contribution in [2.45, 2.75) is 46.6 Å². The summed E-state index contributed by atoms with van der Waals surface area (Å²) in [4.78, 5) is 26.8. The van der Waals surface area contributed by atoms with Crippen LogP contribution in [0, 0.1) is 18.3 Å². The highest BCUT2D eigenvalue weighted by molar-refractivity contribution is 5.98. The first-order valence-electron chi connectivity index (χ1n) is 8.35. The van der Waals surface area contributed by atoms with Crippen LogP contribution >= 0.6 is 0 Å². The second-order valence-electron chi connectivity index (χ2n) is 7.67. The maximum Gasteiger partial charge on any atom is 0.240 e. The molecule has 1 saturated heterocycles. The van der Waals surface area contributed by atoms with E-state index in [0.29, 0.717) is 13.1 Å². The van der Waals surface area contributed by atoms with Gasteiger partial charge in [-0.25, -0.2) is 0 Å². The Bertz CT molecular complexity index is 564. The highest BCUT2D eigenvalue weighted by Crippen LogP contribution is 2.25. The second kappa shape index (κ2) is 6.83. The van der Waals surface area contributed by atoms with Gasteiger partial charge in [-0.15, -0.1) is 0 Å². The van der Waals surface area contributed by atoms with Gasteiger partial charge in [0.2, 0.25) is 5.91 Å². The van der Waals surface area contributed by atoms with Crippen molar-refractivity contribution in [1.82, 2.24) is 4.90 Å². The maximum absolute atomic E-state index is 12.6. The lowest BCUT2D eigenvalue weighted by molar-refractivity contribution is -0.136. The summed E-state index contributed by atoms with van der Waals surface area (Å²) in [6, 6.07) is 7.23. The molecule has 1 amide bonds. The molecule has 4 nitrogen and oxygen atoms in total. The van der Waals surface area contributed by atoms with E-state index in [9.17, 15) is 9.59 Å². The van der Waals surface area contributed by atoms with Crippen molar-refractivity contribution in [2.75, 3.05) is 13.1 Å². The van der Waals surface area contributed by atoms with Gasteiger partial charge in [0.15, 0.2) is 5.78 Å². The number of carbonyl (C=O) groups is 2. The molecule has 2 N–H and O–H groups in total. The average molecular weight is 316 g/mol. The predicted molar refractivity (Wildman–Crippen MR) is 92.2 cm³/mol. The molecule has 1 atom stereocenters. The molecule has 1 heterocycles. The Labute approximate surface area is 139 Å². The molecule has 2 rings (SSSR count). The van der Waals surface area contributed by atoms with Crippen LogP contribution in [-0.4, -0.2) is 35.7 Å². The Morgan fingerprint density at radius 1 is 1.13 bits per heavy atom. The van der Waals surface area contributed by atoms with Crippen molar-refractivity contribution >= 4 is 11.7 Å². The zero-order valence-corrected chi connectivity index (χ0v) is 14.6. The normalized spacial score (nSPS) is 17.9. The molecule has 4 heteroatoms. The van der Waals surface area contributed by atoms with Gasteiger partial charge in [0, 0.05) is 24.6 Å². The maximum atomic E-state index is 12.6. The molecule has 1 aromatic carbocycles. The molecule has 1 fully saturated rings. The van der Waals surface area contributed by atoms with Gasteiger partial charge in [-0.1, -0.05) is 50.6 Å². The summed E-state index contributed by atoms with van der Waals surface area (Å²) in [5, 5.41) is 0. The number of hydrogen-bond acceptors (Lipinski definition) is 3. The number of Topliss-reactive ketones (excluding diaryl/α,β-unsaturated/α-hetero) is 1. The summed E-state index contributed by atoms with van der Waals surface area (Å²) >= 11 is 0. The fourth-order valence-corrected chi connectivity index (χ4v) is 2.88. The fourth-order valence-electron chi connectivity index (χ4n) is 2.88. The van der Waals surface area contributed by atoms with Crippen LogP contribution < -0.4 is 5.73 Å². The Hall–Kier alpha value is -1.68. The highest BCUT2D eigenvalue weighted by Gasteiger charge is 2.34. The molecule has 0 saturated carbocycles. The fraction of sp³-hybridized carbons (Fsp3) is 0.579. The first-order chi connectivity index (χ1) is 10.7. The van der Waals surface area contributed by atoms with Crippen LogP contribution in [0.2, 0.25) is 0 Å². The van der Waals surface area contributed by atoms with Crippen molar-refractivity contribution in [1.29, 1.82) is 0 Å². The molecule has 0 radical (unpaired) electrons. The van der Waals surface area contributed by atoms with E-state index in [1.54, 1.807) is 0 Å². The van der Waals surface area contributed by atoms with E-state index < -0.39 is 6.04 Å². The minimum absolute atomic E-state index is 0.00117. The van der Waals surface area contributed by atoms with Crippen LogP contribution in [0.25, 0.3) is 0 Å². The molecule has 0 unspecified atom stereocenters.